The Balaban J connectivity index is 1.95. The van der Waals surface area contributed by atoms with E-state index in [9.17, 15) is 18.5 Å². The Bertz CT molecular complexity index is 1450. The van der Waals surface area contributed by atoms with Gasteiger partial charge in [0.15, 0.2) is 0 Å². The zero-order valence-electron chi connectivity index (χ0n) is 18.2. The average Bonchev–Trinajstić information content (AvgIpc) is 2.79. The maximum Gasteiger partial charge on any atom is 0.267 e. The number of aryl methyl sites for hydroxylation is 1. The Morgan fingerprint density at radius 1 is 1.15 bits per heavy atom. The zero-order valence-corrected chi connectivity index (χ0v) is 19.8. The first kappa shape index (κ1) is 23.0. The van der Waals surface area contributed by atoms with Crippen LogP contribution in [0.25, 0.3) is 11.7 Å². The monoisotopic (exact) mass is 483 g/mol. The lowest BCUT2D eigenvalue weighted by Gasteiger charge is -2.34. The molecule has 0 amide bonds. The third-order valence-electron chi connectivity index (χ3n) is 5.67. The van der Waals surface area contributed by atoms with Gasteiger partial charge in [0.1, 0.15) is 22.4 Å². The van der Waals surface area contributed by atoms with Crippen molar-refractivity contribution in [3.05, 3.63) is 74.0 Å². The number of sulfone groups is 1. The first-order valence-electron chi connectivity index (χ1n) is 10.3. The first-order valence-corrected chi connectivity index (χ1v) is 12.2. The summed E-state index contributed by atoms with van der Waals surface area (Å²) in [4.78, 5) is 21.7. The maximum atomic E-state index is 13.5. The van der Waals surface area contributed by atoms with Crippen LogP contribution in [0, 0.1) is 18.3 Å². The van der Waals surface area contributed by atoms with Crippen LogP contribution < -0.4 is 10.5 Å². The van der Waals surface area contributed by atoms with Crippen molar-refractivity contribution in [3.63, 3.8) is 0 Å². The van der Waals surface area contributed by atoms with Crippen LogP contribution in [-0.4, -0.2) is 55.9 Å². The number of fused-ring (bicyclic) bond motifs is 1. The van der Waals surface area contributed by atoms with Crippen molar-refractivity contribution in [3.8, 4) is 6.07 Å². The summed E-state index contributed by atoms with van der Waals surface area (Å²) in [5.74, 6) is 0.376. The van der Waals surface area contributed by atoms with Gasteiger partial charge in [-0.3, -0.25) is 9.20 Å². The molecular weight excluding hydrogens is 462 g/mol. The van der Waals surface area contributed by atoms with E-state index < -0.39 is 20.3 Å². The number of rotatable bonds is 4. The molecular formula is C23H22ClN5O3S. The smallest absolute Gasteiger partial charge is 0.267 e. The molecule has 1 saturated heterocycles. The lowest BCUT2D eigenvalue weighted by Crippen LogP contribution is -2.45. The van der Waals surface area contributed by atoms with Gasteiger partial charge in [0.25, 0.3) is 5.56 Å². The molecule has 4 rings (SSSR count). The third-order valence-corrected chi connectivity index (χ3v) is 7.60. The lowest BCUT2D eigenvalue weighted by atomic mass is 10.2. The quantitative estimate of drug-likeness (QED) is 0.526. The summed E-state index contributed by atoms with van der Waals surface area (Å²) in [7, 11) is -2.15. The second kappa shape index (κ2) is 8.98. The van der Waals surface area contributed by atoms with Crippen LogP contribution in [-0.2, 0) is 9.84 Å². The Hall–Kier alpha value is -3.19. The van der Waals surface area contributed by atoms with Gasteiger partial charge in [-0.2, -0.15) is 5.26 Å². The molecule has 1 aromatic carbocycles. The van der Waals surface area contributed by atoms with Crippen molar-refractivity contribution in [2.75, 3.05) is 38.1 Å². The van der Waals surface area contributed by atoms with E-state index in [0.717, 1.165) is 24.7 Å². The number of likely N-dealkylation sites (N-methyl/N-ethyl adjacent to an activating group) is 1. The number of benzene rings is 1. The normalized spacial score (nSPS) is 15.6. The summed E-state index contributed by atoms with van der Waals surface area (Å²) in [6, 6.07) is 10.9. The van der Waals surface area contributed by atoms with Gasteiger partial charge in [-0.25, -0.2) is 13.4 Å². The van der Waals surface area contributed by atoms with Gasteiger partial charge in [-0.05, 0) is 55.9 Å². The molecule has 1 aliphatic rings. The topological polar surface area (TPSA) is 98.8 Å². The standard InChI is InChI=1S/C23H22ClN5O3S/c1-16-4-3-9-29-21(16)26-22(28-12-10-27(2)11-13-28)20(23(29)30)14-19(15-25)33(31,32)18-7-5-17(24)6-8-18/h3-9,14H,10-13H2,1-2H3/b19-14+. The minimum Gasteiger partial charge on any atom is -0.353 e. The SMILES string of the molecule is Cc1cccn2c(=O)c(/C=C(\C#N)S(=O)(=O)c3ccc(Cl)cc3)c(N3CCN(C)CC3)nc12. The number of hydrogen-bond donors (Lipinski definition) is 0. The van der Waals surface area contributed by atoms with E-state index >= 15 is 0 Å². The predicted octanol–water partition coefficient (Wildman–Crippen LogP) is 2.75. The zero-order chi connectivity index (χ0) is 23.8. The highest BCUT2D eigenvalue weighted by atomic mass is 35.5. The molecule has 0 saturated carbocycles. The molecule has 170 valence electrons. The molecule has 1 aliphatic heterocycles. The second-order valence-electron chi connectivity index (χ2n) is 7.91. The van der Waals surface area contributed by atoms with Crippen molar-refractivity contribution in [2.24, 2.45) is 0 Å². The minimum absolute atomic E-state index is 0.0664. The van der Waals surface area contributed by atoms with E-state index in [-0.39, 0.29) is 10.5 Å². The van der Waals surface area contributed by atoms with E-state index in [2.05, 4.69) is 4.90 Å². The predicted molar refractivity (Wildman–Crippen MR) is 128 cm³/mol. The van der Waals surface area contributed by atoms with Crippen LogP contribution >= 0.6 is 11.6 Å². The molecule has 0 aliphatic carbocycles. The van der Waals surface area contributed by atoms with Crippen molar-refractivity contribution in [2.45, 2.75) is 11.8 Å². The summed E-state index contributed by atoms with van der Waals surface area (Å²) >= 11 is 5.88. The van der Waals surface area contributed by atoms with Crippen molar-refractivity contribution < 1.29 is 8.42 Å². The molecule has 0 N–H and O–H groups in total. The molecule has 0 bridgehead atoms. The fourth-order valence-electron chi connectivity index (χ4n) is 3.73. The molecule has 1 fully saturated rings. The third kappa shape index (κ3) is 4.37. The van der Waals surface area contributed by atoms with Crippen LogP contribution in [0.2, 0.25) is 5.02 Å². The minimum atomic E-state index is -4.16. The van der Waals surface area contributed by atoms with E-state index in [1.165, 1.54) is 28.7 Å². The number of pyridine rings is 1. The number of anilines is 1. The highest BCUT2D eigenvalue weighted by molar-refractivity contribution is 7.95. The fourth-order valence-corrected chi connectivity index (χ4v) is 5.00. The molecule has 0 atom stereocenters. The summed E-state index contributed by atoms with van der Waals surface area (Å²) in [6.07, 6.45) is 2.73. The van der Waals surface area contributed by atoms with E-state index in [1.807, 2.05) is 24.9 Å². The van der Waals surface area contributed by atoms with Gasteiger partial charge in [0.05, 0.1) is 10.5 Å². The number of nitrogens with zero attached hydrogens (tertiary/aromatic N) is 5. The van der Waals surface area contributed by atoms with Crippen LogP contribution in [0.5, 0.6) is 0 Å². The Kier molecular flexibility index (Phi) is 6.26. The first-order chi connectivity index (χ1) is 15.7. The van der Waals surface area contributed by atoms with E-state index in [1.54, 1.807) is 18.3 Å². The number of piperazine rings is 1. The lowest BCUT2D eigenvalue weighted by molar-refractivity contribution is 0.312. The molecule has 0 spiro atoms. The summed E-state index contributed by atoms with van der Waals surface area (Å²) in [6.45, 7) is 4.64. The molecule has 2 aromatic heterocycles. The molecule has 3 heterocycles. The largest absolute Gasteiger partial charge is 0.353 e. The summed E-state index contributed by atoms with van der Waals surface area (Å²) in [5, 5.41) is 10.1. The molecule has 8 nitrogen and oxygen atoms in total. The summed E-state index contributed by atoms with van der Waals surface area (Å²) < 4.78 is 27.7. The highest BCUT2D eigenvalue weighted by Gasteiger charge is 2.26. The fraction of sp³-hybridized carbons (Fsp3) is 0.261. The Morgan fingerprint density at radius 2 is 1.82 bits per heavy atom. The number of aromatic nitrogens is 2. The van der Waals surface area contributed by atoms with Gasteiger partial charge in [0, 0.05) is 37.4 Å². The highest BCUT2D eigenvalue weighted by Crippen LogP contribution is 2.26. The van der Waals surface area contributed by atoms with Gasteiger partial charge < -0.3 is 9.80 Å². The molecule has 10 heteroatoms. The number of allylic oxidation sites excluding steroid dienone is 1. The average molecular weight is 484 g/mol. The Morgan fingerprint density at radius 3 is 2.45 bits per heavy atom. The second-order valence-corrected chi connectivity index (χ2v) is 10.3. The molecule has 3 aromatic rings. The van der Waals surface area contributed by atoms with Gasteiger partial charge >= 0.3 is 0 Å². The molecule has 33 heavy (non-hydrogen) atoms. The van der Waals surface area contributed by atoms with Gasteiger partial charge in [0.2, 0.25) is 9.84 Å². The van der Waals surface area contributed by atoms with E-state index in [0.29, 0.717) is 29.6 Å². The summed E-state index contributed by atoms with van der Waals surface area (Å²) in [5.41, 5.74) is 0.941. The van der Waals surface area contributed by atoms with Crippen LogP contribution in [0.4, 0.5) is 5.82 Å². The molecule has 0 radical (unpaired) electrons. The number of halogens is 1. The van der Waals surface area contributed by atoms with Crippen molar-refractivity contribution >= 4 is 39.0 Å². The van der Waals surface area contributed by atoms with Crippen molar-refractivity contribution in [1.82, 2.24) is 14.3 Å². The van der Waals surface area contributed by atoms with Gasteiger partial charge in [-0.1, -0.05) is 17.7 Å². The van der Waals surface area contributed by atoms with Crippen LogP contribution in [0.3, 0.4) is 0 Å². The Labute approximate surface area is 196 Å². The van der Waals surface area contributed by atoms with Gasteiger partial charge in [-0.15, -0.1) is 0 Å². The van der Waals surface area contributed by atoms with Crippen molar-refractivity contribution in [1.29, 1.82) is 5.26 Å². The van der Waals surface area contributed by atoms with Crippen LogP contribution in [0.15, 0.2) is 57.2 Å². The van der Waals surface area contributed by atoms with E-state index in [4.69, 9.17) is 16.6 Å². The number of hydrogen-bond acceptors (Lipinski definition) is 7. The maximum absolute atomic E-state index is 13.5. The van der Waals surface area contributed by atoms with Crippen LogP contribution in [0.1, 0.15) is 11.1 Å². The number of nitriles is 1. The molecule has 0 unspecified atom stereocenters.